The van der Waals surface area contributed by atoms with Crippen molar-refractivity contribution in [2.75, 3.05) is 25.9 Å². The standard InChI is InChI=1S/C15H28N2O3S/c1-12(21(2,19)20)15(18)17-11-5-3-4-6-14(17)13-7-9-16-10-8-13/h12-14,16H,3-11H2,1-2H3. The van der Waals surface area contributed by atoms with E-state index in [-0.39, 0.29) is 11.9 Å². The number of carbonyl (C=O) groups excluding carboxylic acids is 1. The molecule has 2 rings (SSSR count). The topological polar surface area (TPSA) is 66.5 Å². The molecule has 2 heterocycles. The predicted octanol–water partition coefficient (Wildman–Crippen LogP) is 1.19. The lowest BCUT2D eigenvalue weighted by Gasteiger charge is -2.39. The zero-order valence-electron chi connectivity index (χ0n) is 13.2. The van der Waals surface area contributed by atoms with Gasteiger partial charge in [-0.25, -0.2) is 8.42 Å². The van der Waals surface area contributed by atoms with Crippen LogP contribution in [0.25, 0.3) is 0 Å². The SMILES string of the molecule is CC(C(=O)N1CCCCCC1C1CCNCC1)S(C)(=O)=O. The van der Waals surface area contributed by atoms with E-state index in [9.17, 15) is 13.2 Å². The molecule has 5 nitrogen and oxygen atoms in total. The van der Waals surface area contributed by atoms with Gasteiger partial charge in [0.15, 0.2) is 9.84 Å². The fraction of sp³-hybridized carbons (Fsp3) is 0.933. The maximum absolute atomic E-state index is 12.7. The lowest BCUT2D eigenvalue weighted by Crippen LogP contribution is -2.51. The van der Waals surface area contributed by atoms with E-state index < -0.39 is 15.1 Å². The quantitative estimate of drug-likeness (QED) is 0.849. The number of hydrogen-bond acceptors (Lipinski definition) is 4. The molecule has 0 saturated carbocycles. The van der Waals surface area contributed by atoms with E-state index in [1.807, 2.05) is 4.90 Å². The Bertz CT molecular complexity index is 458. The van der Waals surface area contributed by atoms with Crippen LogP contribution in [0.3, 0.4) is 0 Å². The molecule has 1 amide bonds. The average Bonchev–Trinajstić information content (AvgIpc) is 2.71. The van der Waals surface area contributed by atoms with Crippen molar-refractivity contribution >= 4 is 15.7 Å². The van der Waals surface area contributed by atoms with Crippen molar-refractivity contribution < 1.29 is 13.2 Å². The van der Waals surface area contributed by atoms with E-state index in [4.69, 9.17) is 0 Å². The Morgan fingerprint density at radius 3 is 2.43 bits per heavy atom. The highest BCUT2D eigenvalue weighted by Crippen LogP contribution is 2.29. The van der Waals surface area contributed by atoms with Crippen molar-refractivity contribution in [3.05, 3.63) is 0 Å². The Balaban J connectivity index is 2.16. The molecule has 2 aliphatic heterocycles. The molecule has 0 bridgehead atoms. The fourth-order valence-corrected chi connectivity index (χ4v) is 4.05. The molecule has 2 atom stereocenters. The summed E-state index contributed by atoms with van der Waals surface area (Å²) < 4.78 is 23.5. The highest BCUT2D eigenvalue weighted by molar-refractivity contribution is 7.92. The first-order valence-corrected chi connectivity index (χ1v) is 10.1. The van der Waals surface area contributed by atoms with Gasteiger partial charge in [0.25, 0.3) is 0 Å². The summed E-state index contributed by atoms with van der Waals surface area (Å²) in [5, 5.41) is 2.44. The highest BCUT2D eigenvalue weighted by Gasteiger charge is 2.36. The maximum atomic E-state index is 12.7. The van der Waals surface area contributed by atoms with E-state index in [1.165, 1.54) is 6.92 Å². The number of likely N-dealkylation sites (tertiary alicyclic amines) is 1. The minimum Gasteiger partial charge on any atom is -0.338 e. The van der Waals surface area contributed by atoms with Gasteiger partial charge in [0.05, 0.1) is 0 Å². The molecule has 0 radical (unpaired) electrons. The Labute approximate surface area is 128 Å². The minimum atomic E-state index is -3.32. The van der Waals surface area contributed by atoms with Crippen LogP contribution in [0.5, 0.6) is 0 Å². The van der Waals surface area contributed by atoms with E-state index >= 15 is 0 Å². The minimum absolute atomic E-state index is 0.192. The summed E-state index contributed by atoms with van der Waals surface area (Å²) in [5.74, 6) is 0.322. The molecule has 0 aromatic heterocycles. The molecule has 21 heavy (non-hydrogen) atoms. The summed E-state index contributed by atoms with van der Waals surface area (Å²) in [4.78, 5) is 14.6. The summed E-state index contributed by atoms with van der Waals surface area (Å²) in [6, 6.07) is 0.228. The largest absolute Gasteiger partial charge is 0.338 e. The molecular weight excluding hydrogens is 288 g/mol. The molecule has 2 saturated heterocycles. The third kappa shape index (κ3) is 4.19. The van der Waals surface area contributed by atoms with Crippen LogP contribution in [0.2, 0.25) is 0 Å². The first kappa shape index (κ1) is 16.7. The van der Waals surface area contributed by atoms with Crippen molar-refractivity contribution in [3.8, 4) is 0 Å². The van der Waals surface area contributed by atoms with Gasteiger partial charge in [-0.2, -0.15) is 0 Å². The van der Waals surface area contributed by atoms with Crippen molar-refractivity contribution in [1.29, 1.82) is 0 Å². The van der Waals surface area contributed by atoms with Gasteiger partial charge in [0.2, 0.25) is 5.91 Å². The maximum Gasteiger partial charge on any atom is 0.240 e. The van der Waals surface area contributed by atoms with Crippen LogP contribution in [-0.2, 0) is 14.6 Å². The van der Waals surface area contributed by atoms with Crippen LogP contribution in [0.4, 0.5) is 0 Å². The molecule has 1 N–H and O–H groups in total. The smallest absolute Gasteiger partial charge is 0.240 e. The summed E-state index contributed by atoms with van der Waals surface area (Å²) in [6.45, 7) is 4.25. The van der Waals surface area contributed by atoms with E-state index in [1.54, 1.807) is 0 Å². The normalized spacial score (nSPS) is 27.1. The Kier molecular flexibility index (Phi) is 5.66. The van der Waals surface area contributed by atoms with Gasteiger partial charge in [0, 0.05) is 18.8 Å². The summed E-state index contributed by atoms with van der Waals surface area (Å²) in [5.41, 5.74) is 0. The van der Waals surface area contributed by atoms with Crippen molar-refractivity contribution in [2.24, 2.45) is 5.92 Å². The Morgan fingerprint density at radius 1 is 1.14 bits per heavy atom. The second-order valence-corrected chi connectivity index (χ2v) is 8.87. The van der Waals surface area contributed by atoms with Gasteiger partial charge < -0.3 is 10.2 Å². The third-order valence-electron chi connectivity index (χ3n) is 5.00. The number of rotatable bonds is 3. The zero-order chi connectivity index (χ0) is 15.5. The van der Waals surface area contributed by atoms with Gasteiger partial charge in [0.1, 0.15) is 5.25 Å². The Morgan fingerprint density at radius 2 is 1.81 bits per heavy atom. The second kappa shape index (κ2) is 7.09. The van der Waals surface area contributed by atoms with Gasteiger partial charge >= 0.3 is 0 Å². The molecule has 122 valence electrons. The average molecular weight is 316 g/mol. The van der Waals surface area contributed by atoms with E-state index in [0.29, 0.717) is 12.5 Å². The zero-order valence-corrected chi connectivity index (χ0v) is 14.0. The number of sulfone groups is 1. The van der Waals surface area contributed by atoms with Gasteiger partial charge in [-0.3, -0.25) is 4.79 Å². The molecule has 6 heteroatoms. The first-order valence-electron chi connectivity index (χ1n) is 8.11. The molecule has 0 aromatic carbocycles. The molecular formula is C15H28N2O3S. The van der Waals surface area contributed by atoms with Gasteiger partial charge in [-0.05, 0) is 51.6 Å². The molecule has 2 aliphatic rings. The summed E-state index contributed by atoms with van der Waals surface area (Å²) >= 11 is 0. The molecule has 2 fully saturated rings. The van der Waals surface area contributed by atoms with Gasteiger partial charge in [-0.15, -0.1) is 0 Å². The number of piperidine rings is 1. The highest BCUT2D eigenvalue weighted by atomic mass is 32.2. The van der Waals surface area contributed by atoms with Crippen LogP contribution in [0.1, 0.15) is 45.4 Å². The van der Waals surface area contributed by atoms with Crippen molar-refractivity contribution in [1.82, 2.24) is 10.2 Å². The van der Waals surface area contributed by atoms with Crippen LogP contribution in [0, 0.1) is 5.92 Å². The van der Waals surface area contributed by atoms with Crippen LogP contribution in [0.15, 0.2) is 0 Å². The summed E-state index contributed by atoms with van der Waals surface area (Å²) in [6.07, 6.45) is 7.62. The lowest BCUT2D eigenvalue weighted by molar-refractivity contribution is -0.134. The number of nitrogens with one attached hydrogen (secondary N) is 1. The fourth-order valence-electron chi connectivity index (χ4n) is 3.54. The van der Waals surface area contributed by atoms with Crippen molar-refractivity contribution in [2.45, 2.75) is 56.7 Å². The number of amides is 1. The molecule has 0 aromatic rings. The van der Waals surface area contributed by atoms with Crippen molar-refractivity contribution in [3.63, 3.8) is 0 Å². The summed E-state index contributed by atoms with van der Waals surface area (Å²) in [7, 11) is -3.32. The van der Waals surface area contributed by atoms with Gasteiger partial charge in [-0.1, -0.05) is 12.8 Å². The number of carbonyl (C=O) groups is 1. The van der Waals surface area contributed by atoms with Crippen LogP contribution < -0.4 is 5.32 Å². The lowest BCUT2D eigenvalue weighted by atomic mass is 9.86. The number of hydrogen-bond donors (Lipinski definition) is 1. The van der Waals surface area contributed by atoms with E-state index in [2.05, 4.69) is 5.32 Å². The third-order valence-corrected chi connectivity index (χ3v) is 6.49. The number of nitrogens with zero attached hydrogens (tertiary/aromatic N) is 1. The van der Waals surface area contributed by atoms with Crippen LogP contribution in [-0.4, -0.2) is 56.4 Å². The first-order chi connectivity index (χ1) is 9.91. The Hall–Kier alpha value is -0.620. The molecule has 0 spiro atoms. The predicted molar refractivity (Wildman–Crippen MR) is 83.9 cm³/mol. The van der Waals surface area contributed by atoms with E-state index in [0.717, 1.165) is 57.9 Å². The molecule has 2 unspecified atom stereocenters. The molecule has 0 aliphatic carbocycles. The monoisotopic (exact) mass is 316 g/mol. The van der Waals surface area contributed by atoms with Crippen LogP contribution >= 0.6 is 0 Å². The second-order valence-electron chi connectivity index (χ2n) is 6.51.